The van der Waals surface area contributed by atoms with Gasteiger partial charge in [-0.3, -0.25) is 4.79 Å². The van der Waals surface area contributed by atoms with E-state index >= 15 is 0 Å². The summed E-state index contributed by atoms with van der Waals surface area (Å²) >= 11 is 0. The molecule has 3 atom stereocenters. The van der Waals surface area contributed by atoms with Crippen LogP contribution in [0.4, 0.5) is 5.69 Å². The highest BCUT2D eigenvalue weighted by atomic mass is 16.5. The molecule has 0 bridgehead atoms. The topological polar surface area (TPSA) is 73.6 Å². The van der Waals surface area contributed by atoms with Gasteiger partial charge in [-0.25, -0.2) is 0 Å². The minimum Gasteiger partial charge on any atom is -0.484 e. The molecule has 1 amide bonds. The molecule has 2 aromatic carbocycles. The largest absolute Gasteiger partial charge is 0.484 e. The fourth-order valence-corrected chi connectivity index (χ4v) is 2.94. The maximum atomic E-state index is 12.5. The number of carbonyl (C=O) groups excluding carboxylic acids is 1. The molecule has 1 aliphatic rings. The Labute approximate surface area is 148 Å². The average Bonchev–Trinajstić information content (AvgIpc) is 3.13. The Morgan fingerprint density at radius 2 is 1.92 bits per heavy atom. The first-order chi connectivity index (χ1) is 12.2. The van der Waals surface area contributed by atoms with Crippen molar-refractivity contribution in [2.24, 2.45) is 5.73 Å². The van der Waals surface area contributed by atoms with Crippen LogP contribution in [0.3, 0.4) is 0 Å². The lowest BCUT2D eigenvalue weighted by molar-refractivity contribution is -0.126. The van der Waals surface area contributed by atoms with Crippen LogP contribution in [0, 0.1) is 0 Å². The third kappa shape index (κ3) is 4.38. The number of para-hydroxylation sites is 2. The van der Waals surface area contributed by atoms with Crippen LogP contribution in [0.2, 0.25) is 0 Å². The van der Waals surface area contributed by atoms with Gasteiger partial charge in [0.2, 0.25) is 0 Å². The molecular weight excluding hydrogens is 316 g/mol. The van der Waals surface area contributed by atoms with Gasteiger partial charge >= 0.3 is 0 Å². The fraction of sp³-hybridized carbons (Fsp3) is 0.350. The Hall–Kier alpha value is -2.37. The zero-order chi connectivity index (χ0) is 17.6. The van der Waals surface area contributed by atoms with Crippen LogP contribution < -0.4 is 15.8 Å². The molecule has 0 saturated carbocycles. The summed E-state index contributed by atoms with van der Waals surface area (Å²) in [5.74, 6) is 0.486. The number of benzene rings is 2. The number of rotatable bonds is 6. The first-order valence-electron chi connectivity index (χ1n) is 8.64. The number of carbonyl (C=O) groups is 1. The van der Waals surface area contributed by atoms with Crippen molar-refractivity contribution in [1.82, 2.24) is 0 Å². The van der Waals surface area contributed by atoms with E-state index in [2.05, 4.69) is 5.32 Å². The first kappa shape index (κ1) is 17.5. The van der Waals surface area contributed by atoms with E-state index < -0.39 is 6.10 Å². The van der Waals surface area contributed by atoms with Crippen LogP contribution in [-0.2, 0) is 9.53 Å². The molecule has 5 heteroatoms. The number of hydrogen-bond acceptors (Lipinski definition) is 4. The molecule has 1 aliphatic heterocycles. The molecule has 1 unspecified atom stereocenters. The molecule has 0 spiro atoms. The normalized spacial score (nSPS) is 20.9. The molecule has 25 heavy (non-hydrogen) atoms. The van der Waals surface area contributed by atoms with Crippen LogP contribution in [0.15, 0.2) is 54.6 Å². The number of nitrogens with two attached hydrogens (primary N) is 1. The number of ether oxygens (including phenoxy) is 2. The first-order valence-corrected chi connectivity index (χ1v) is 8.64. The Morgan fingerprint density at radius 3 is 2.64 bits per heavy atom. The monoisotopic (exact) mass is 340 g/mol. The van der Waals surface area contributed by atoms with Gasteiger partial charge in [0.25, 0.3) is 5.91 Å². The van der Waals surface area contributed by atoms with Crippen LogP contribution in [0.25, 0.3) is 0 Å². The predicted octanol–water partition coefficient (Wildman–Crippen LogP) is 3.27. The molecule has 1 saturated heterocycles. The summed E-state index contributed by atoms with van der Waals surface area (Å²) < 4.78 is 11.7. The highest BCUT2D eigenvalue weighted by Gasteiger charge is 2.30. The van der Waals surface area contributed by atoms with E-state index in [0.717, 1.165) is 12.0 Å². The van der Waals surface area contributed by atoms with E-state index in [1.54, 1.807) is 0 Å². The van der Waals surface area contributed by atoms with Gasteiger partial charge in [0, 0.05) is 6.54 Å². The van der Waals surface area contributed by atoms with Gasteiger partial charge in [0.1, 0.15) is 18.0 Å². The van der Waals surface area contributed by atoms with Crippen LogP contribution in [0.1, 0.15) is 31.4 Å². The second-order valence-electron chi connectivity index (χ2n) is 6.22. The van der Waals surface area contributed by atoms with Crippen molar-refractivity contribution in [3.63, 3.8) is 0 Å². The van der Waals surface area contributed by atoms with Crippen LogP contribution >= 0.6 is 0 Å². The Morgan fingerprint density at radius 1 is 1.20 bits per heavy atom. The third-order valence-corrected chi connectivity index (χ3v) is 4.38. The molecule has 1 fully saturated rings. The molecule has 0 radical (unpaired) electrons. The Kier molecular flexibility index (Phi) is 5.68. The average molecular weight is 340 g/mol. The van der Waals surface area contributed by atoms with Gasteiger partial charge in [0.05, 0.1) is 11.8 Å². The zero-order valence-corrected chi connectivity index (χ0v) is 14.4. The maximum Gasteiger partial charge on any atom is 0.253 e. The number of amides is 1. The minimum atomic E-state index is -0.451. The molecule has 0 aliphatic carbocycles. The summed E-state index contributed by atoms with van der Waals surface area (Å²) in [5, 5.41) is 2.92. The lowest BCUT2D eigenvalue weighted by atomic mass is 10.1. The van der Waals surface area contributed by atoms with E-state index in [9.17, 15) is 4.79 Å². The molecule has 3 rings (SSSR count). The highest BCUT2D eigenvalue weighted by Crippen LogP contribution is 2.30. The molecule has 2 aromatic rings. The van der Waals surface area contributed by atoms with Gasteiger partial charge in [0.15, 0.2) is 0 Å². The van der Waals surface area contributed by atoms with Crippen LogP contribution in [0.5, 0.6) is 5.75 Å². The van der Waals surface area contributed by atoms with Crippen molar-refractivity contribution < 1.29 is 14.3 Å². The highest BCUT2D eigenvalue weighted by molar-refractivity contribution is 5.95. The molecule has 5 nitrogen and oxygen atoms in total. The summed E-state index contributed by atoms with van der Waals surface area (Å²) in [6, 6.07) is 17.4. The minimum absolute atomic E-state index is 0.0275. The van der Waals surface area contributed by atoms with Crippen molar-refractivity contribution >= 4 is 11.6 Å². The van der Waals surface area contributed by atoms with Gasteiger partial charge in [-0.15, -0.1) is 0 Å². The quantitative estimate of drug-likeness (QED) is 0.846. The van der Waals surface area contributed by atoms with Crippen molar-refractivity contribution in [1.29, 1.82) is 0 Å². The zero-order valence-electron chi connectivity index (χ0n) is 14.4. The lowest BCUT2D eigenvalue weighted by Gasteiger charge is -2.19. The second-order valence-corrected chi connectivity index (χ2v) is 6.22. The number of nitrogens with one attached hydrogen (secondary N) is 1. The smallest absolute Gasteiger partial charge is 0.253 e. The van der Waals surface area contributed by atoms with Gasteiger partial charge in [-0.05, 0) is 37.5 Å². The van der Waals surface area contributed by atoms with Gasteiger partial charge in [-0.1, -0.05) is 42.5 Å². The van der Waals surface area contributed by atoms with E-state index in [1.165, 1.54) is 0 Å². The Bertz CT molecular complexity index is 705. The van der Waals surface area contributed by atoms with E-state index in [4.69, 9.17) is 15.2 Å². The van der Waals surface area contributed by atoms with Crippen LogP contribution in [-0.4, -0.2) is 24.7 Å². The summed E-state index contributed by atoms with van der Waals surface area (Å²) in [6.45, 7) is 2.43. The summed E-state index contributed by atoms with van der Waals surface area (Å²) in [4.78, 5) is 12.5. The van der Waals surface area contributed by atoms with Crippen molar-refractivity contribution in [2.45, 2.75) is 38.1 Å². The van der Waals surface area contributed by atoms with Crippen molar-refractivity contribution in [3.05, 3.63) is 60.2 Å². The summed E-state index contributed by atoms with van der Waals surface area (Å²) in [7, 11) is 0. The van der Waals surface area contributed by atoms with Gasteiger partial charge in [-0.2, -0.15) is 0 Å². The molecule has 0 aromatic heterocycles. The Balaban J connectivity index is 1.68. The van der Waals surface area contributed by atoms with E-state index in [0.29, 0.717) is 24.4 Å². The van der Waals surface area contributed by atoms with Crippen molar-refractivity contribution in [3.8, 4) is 5.75 Å². The third-order valence-electron chi connectivity index (χ3n) is 4.38. The standard InChI is InChI=1S/C20H24N2O3/c1-14(15-7-3-2-4-8-15)24-18-10-6-5-9-17(18)22-20(23)19-12-11-16(13-21)25-19/h2-10,14,16,19H,11-13,21H2,1H3,(H,22,23)/t14?,16-,19+/m1/s1. The van der Waals surface area contributed by atoms with Gasteiger partial charge < -0.3 is 20.5 Å². The molecule has 3 N–H and O–H groups in total. The summed E-state index contributed by atoms with van der Waals surface area (Å²) in [6.07, 6.45) is 0.909. The van der Waals surface area contributed by atoms with E-state index in [1.807, 2.05) is 61.5 Å². The number of hydrogen-bond donors (Lipinski definition) is 2. The SMILES string of the molecule is CC(Oc1ccccc1NC(=O)[C@@H]1CC[C@H](CN)O1)c1ccccc1. The fourth-order valence-electron chi connectivity index (χ4n) is 2.94. The number of anilines is 1. The predicted molar refractivity (Wildman–Crippen MR) is 97.5 cm³/mol. The molecule has 132 valence electrons. The molecule has 1 heterocycles. The second kappa shape index (κ2) is 8.14. The van der Waals surface area contributed by atoms with Crippen molar-refractivity contribution in [2.75, 3.05) is 11.9 Å². The van der Waals surface area contributed by atoms with E-state index in [-0.39, 0.29) is 18.1 Å². The lowest BCUT2D eigenvalue weighted by Crippen LogP contribution is -2.30. The molecular formula is C20H24N2O3. The summed E-state index contributed by atoms with van der Waals surface area (Å²) in [5.41, 5.74) is 7.33. The maximum absolute atomic E-state index is 12.5.